The van der Waals surface area contributed by atoms with Crippen LogP contribution in [0.3, 0.4) is 0 Å². The maximum absolute atomic E-state index is 4.00. The summed E-state index contributed by atoms with van der Waals surface area (Å²) >= 11 is 0. The first-order chi connectivity index (χ1) is 17.8. The molecule has 0 saturated heterocycles. The summed E-state index contributed by atoms with van der Waals surface area (Å²) in [4.78, 5) is 0. The minimum atomic E-state index is 1.01. The van der Waals surface area contributed by atoms with E-state index >= 15 is 0 Å². The Hall–Kier alpha value is 0. The molecule has 216 valence electrons. The Kier molecular flexibility index (Phi) is 31.2. The molecule has 0 amide bonds. The lowest BCUT2D eigenvalue weighted by Crippen LogP contribution is -1.85. The highest BCUT2D eigenvalue weighted by Crippen LogP contribution is 2.44. The van der Waals surface area contributed by atoms with E-state index < -0.39 is 0 Å². The lowest BCUT2D eigenvalue weighted by atomic mass is 10.0. The average Bonchev–Trinajstić information content (AvgIpc) is 3.66. The molecule has 1 rings (SSSR count). The van der Waals surface area contributed by atoms with Gasteiger partial charge in [0.05, 0.1) is 0 Å². The highest BCUT2D eigenvalue weighted by Gasteiger charge is 2.33. The summed E-state index contributed by atoms with van der Waals surface area (Å²) in [5.74, 6) is 2.08. The third-order valence-electron chi connectivity index (χ3n) is 8.47. The van der Waals surface area contributed by atoms with Gasteiger partial charge in [-0.2, -0.15) is 0 Å². The van der Waals surface area contributed by atoms with Crippen molar-refractivity contribution in [3.63, 3.8) is 0 Å². The molecule has 0 nitrogen and oxygen atoms in total. The summed E-state index contributed by atoms with van der Waals surface area (Å²) in [5.41, 5.74) is 0. The van der Waals surface area contributed by atoms with E-state index in [0.29, 0.717) is 0 Å². The largest absolute Gasteiger partial charge is 0.0654 e. The van der Waals surface area contributed by atoms with Crippen LogP contribution in [0.15, 0.2) is 0 Å². The summed E-state index contributed by atoms with van der Waals surface area (Å²) < 4.78 is 0. The molecule has 0 bridgehead atoms. The smallest absolute Gasteiger partial charge is 0.0383 e. The molecular weight excluding hydrogens is 432 g/mol. The van der Waals surface area contributed by atoms with Crippen LogP contribution in [-0.2, 0) is 0 Å². The van der Waals surface area contributed by atoms with Crippen LogP contribution in [0, 0.1) is 25.7 Å². The standard InChI is InChI=1S/C18H35.C18H37/c1-3-5-6-7-8-9-10-11-12-13-14-15-18-16-17(18)4-2;1-3-5-7-9-11-13-15-17-18-16-14-12-10-8-6-4-2/h17-18H,2-16H2,1H3;1,3-18H2,2H3. The van der Waals surface area contributed by atoms with Crippen molar-refractivity contribution < 1.29 is 0 Å². The molecule has 1 aliphatic carbocycles. The van der Waals surface area contributed by atoms with Crippen LogP contribution in [0.2, 0.25) is 0 Å². The molecule has 1 fully saturated rings. The van der Waals surface area contributed by atoms with Crippen molar-refractivity contribution in [1.82, 2.24) is 0 Å². The molecule has 0 spiro atoms. The molecule has 0 aromatic carbocycles. The van der Waals surface area contributed by atoms with Crippen molar-refractivity contribution in [3.05, 3.63) is 13.8 Å². The van der Waals surface area contributed by atoms with Crippen molar-refractivity contribution in [1.29, 1.82) is 0 Å². The van der Waals surface area contributed by atoms with Crippen molar-refractivity contribution in [2.45, 2.75) is 206 Å². The van der Waals surface area contributed by atoms with Gasteiger partial charge in [-0.15, -0.1) is 0 Å². The van der Waals surface area contributed by atoms with Crippen LogP contribution in [0.4, 0.5) is 0 Å². The number of hydrogen-bond acceptors (Lipinski definition) is 0. The van der Waals surface area contributed by atoms with E-state index in [4.69, 9.17) is 0 Å². The van der Waals surface area contributed by atoms with Gasteiger partial charge >= 0.3 is 0 Å². The second kappa shape index (κ2) is 31.2. The number of rotatable bonds is 28. The average molecular weight is 505 g/mol. The molecule has 0 heterocycles. The molecule has 2 radical (unpaired) electrons. The fraction of sp³-hybridized carbons (Fsp3) is 0.944. The van der Waals surface area contributed by atoms with Crippen LogP contribution in [0.1, 0.15) is 206 Å². The van der Waals surface area contributed by atoms with Gasteiger partial charge in [-0.1, -0.05) is 214 Å². The van der Waals surface area contributed by atoms with Gasteiger partial charge < -0.3 is 0 Å². The Balaban J connectivity index is 0.000000681. The van der Waals surface area contributed by atoms with Crippen LogP contribution in [-0.4, -0.2) is 0 Å². The second-order valence-electron chi connectivity index (χ2n) is 12.2. The summed E-state index contributed by atoms with van der Waals surface area (Å²) in [6, 6.07) is 0. The summed E-state index contributed by atoms with van der Waals surface area (Å²) in [6.07, 6.45) is 43.1. The Morgan fingerprint density at radius 3 is 0.972 bits per heavy atom. The fourth-order valence-corrected chi connectivity index (χ4v) is 5.64. The lowest BCUT2D eigenvalue weighted by molar-refractivity contribution is 0.527. The number of unbranched alkanes of at least 4 members (excludes halogenated alkanes) is 25. The van der Waals surface area contributed by atoms with Crippen LogP contribution in [0.25, 0.3) is 0 Å². The lowest BCUT2D eigenvalue weighted by Gasteiger charge is -2.03. The van der Waals surface area contributed by atoms with E-state index in [1.54, 1.807) is 0 Å². The normalized spacial score (nSPS) is 16.7. The molecule has 0 aromatic rings. The van der Waals surface area contributed by atoms with Crippen molar-refractivity contribution >= 4 is 0 Å². The van der Waals surface area contributed by atoms with Gasteiger partial charge in [-0.25, -0.2) is 0 Å². The van der Waals surface area contributed by atoms with Crippen LogP contribution >= 0.6 is 0 Å². The first kappa shape index (κ1) is 36.0. The summed E-state index contributed by atoms with van der Waals surface area (Å²) in [5, 5.41) is 0. The topological polar surface area (TPSA) is 0 Å². The maximum atomic E-state index is 4.00. The fourth-order valence-electron chi connectivity index (χ4n) is 5.64. The third-order valence-corrected chi connectivity index (χ3v) is 8.47. The van der Waals surface area contributed by atoms with Gasteiger partial charge in [0.15, 0.2) is 0 Å². The Morgan fingerprint density at radius 2 is 0.694 bits per heavy atom. The zero-order valence-electron chi connectivity index (χ0n) is 25.8. The van der Waals surface area contributed by atoms with E-state index in [1.807, 2.05) is 0 Å². The van der Waals surface area contributed by atoms with E-state index in [2.05, 4.69) is 27.7 Å². The van der Waals surface area contributed by atoms with E-state index in [9.17, 15) is 0 Å². The second-order valence-corrected chi connectivity index (χ2v) is 12.2. The number of hydrogen-bond donors (Lipinski definition) is 0. The minimum absolute atomic E-state index is 1.01. The molecule has 0 aromatic heterocycles. The molecule has 2 unspecified atom stereocenters. The molecule has 0 heteroatoms. The predicted octanol–water partition coefficient (Wildman–Crippen LogP) is 13.6. The summed E-state index contributed by atoms with van der Waals surface area (Å²) in [7, 11) is 0. The molecule has 1 aliphatic rings. The van der Waals surface area contributed by atoms with E-state index in [0.717, 1.165) is 18.3 Å². The van der Waals surface area contributed by atoms with Crippen LogP contribution in [0.5, 0.6) is 0 Å². The monoisotopic (exact) mass is 505 g/mol. The van der Waals surface area contributed by atoms with Gasteiger partial charge in [-0.05, 0) is 18.3 Å². The highest BCUT2D eigenvalue weighted by molar-refractivity contribution is 4.86. The molecule has 1 saturated carbocycles. The Bertz CT molecular complexity index is 356. The van der Waals surface area contributed by atoms with Gasteiger partial charge in [0.2, 0.25) is 0 Å². The van der Waals surface area contributed by atoms with Gasteiger partial charge in [0.1, 0.15) is 0 Å². The molecule has 2 atom stereocenters. The van der Waals surface area contributed by atoms with E-state index in [1.165, 1.54) is 186 Å². The highest BCUT2D eigenvalue weighted by atomic mass is 14.4. The van der Waals surface area contributed by atoms with Crippen molar-refractivity contribution in [2.75, 3.05) is 0 Å². The first-order valence-corrected chi connectivity index (χ1v) is 17.4. The molecule has 0 N–H and O–H groups in total. The van der Waals surface area contributed by atoms with E-state index in [-0.39, 0.29) is 0 Å². The summed E-state index contributed by atoms with van der Waals surface area (Å²) in [6.45, 7) is 12.5. The van der Waals surface area contributed by atoms with Crippen molar-refractivity contribution in [3.8, 4) is 0 Å². The molecule has 36 heavy (non-hydrogen) atoms. The molecular formula is C36H72. The SMILES string of the molecule is [CH2]CC1CC1CCCCCCCCCCCCC.[CH2]CCCCCCCCCCCCCCCCC. The Morgan fingerprint density at radius 1 is 0.389 bits per heavy atom. The zero-order valence-corrected chi connectivity index (χ0v) is 25.8. The van der Waals surface area contributed by atoms with Gasteiger partial charge in [-0.3, -0.25) is 0 Å². The van der Waals surface area contributed by atoms with Crippen molar-refractivity contribution in [2.24, 2.45) is 11.8 Å². The Labute approximate surface area is 232 Å². The van der Waals surface area contributed by atoms with Gasteiger partial charge in [0, 0.05) is 0 Å². The zero-order chi connectivity index (χ0) is 26.4. The van der Waals surface area contributed by atoms with Gasteiger partial charge in [0.25, 0.3) is 0 Å². The van der Waals surface area contributed by atoms with Crippen LogP contribution < -0.4 is 0 Å². The minimum Gasteiger partial charge on any atom is -0.0654 e. The predicted molar refractivity (Wildman–Crippen MR) is 168 cm³/mol. The maximum Gasteiger partial charge on any atom is -0.0383 e. The first-order valence-electron chi connectivity index (χ1n) is 17.4. The third kappa shape index (κ3) is 28.6. The quantitative estimate of drug-likeness (QED) is 0.0929. The molecule has 0 aliphatic heterocycles.